The Kier molecular flexibility index (Phi) is 2.33. The summed E-state index contributed by atoms with van der Waals surface area (Å²) < 4.78 is 0. The van der Waals surface area contributed by atoms with Crippen LogP contribution in [0.4, 0.5) is 0 Å². The van der Waals surface area contributed by atoms with Gasteiger partial charge in [-0.25, -0.2) is 0 Å². The van der Waals surface area contributed by atoms with Crippen LogP contribution in [-0.4, -0.2) is 21.0 Å². The van der Waals surface area contributed by atoms with Crippen LogP contribution in [0.5, 0.6) is 0 Å². The third-order valence-electron chi connectivity index (χ3n) is 4.89. The van der Waals surface area contributed by atoms with Crippen LogP contribution in [0.25, 0.3) is 0 Å². The van der Waals surface area contributed by atoms with Crippen LogP contribution >= 0.6 is 23.5 Å². The van der Waals surface area contributed by atoms with Crippen molar-refractivity contribution in [1.82, 2.24) is 0 Å². The summed E-state index contributed by atoms with van der Waals surface area (Å²) in [6.07, 6.45) is 11.0. The molecule has 0 N–H and O–H groups in total. The number of fused-ring (bicyclic) bond motifs is 2. The molecule has 4 rings (SSSR count). The Morgan fingerprint density at radius 1 is 0.667 bits per heavy atom. The molecule has 6 unspecified atom stereocenters. The van der Waals surface area contributed by atoms with Crippen LogP contribution in [0.15, 0.2) is 0 Å². The Morgan fingerprint density at radius 3 is 1.67 bits per heavy atom. The minimum atomic E-state index is 1.11. The highest BCUT2D eigenvalue weighted by atomic mass is 32.2. The second-order valence-electron chi connectivity index (χ2n) is 6.02. The topological polar surface area (TPSA) is 0 Å². The van der Waals surface area contributed by atoms with Gasteiger partial charge in [-0.15, -0.1) is 0 Å². The van der Waals surface area contributed by atoms with Gasteiger partial charge >= 0.3 is 0 Å². The molecule has 0 radical (unpaired) electrons. The van der Waals surface area contributed by atoms with Crippen LogP contribution in [0.3, 0.4) is 0 Å². The van der Waals surface area contributed by atoms with Crippen molar-refractivity contribution in [2.45, 2.75) is 65.9 Å². The molecule has 0 bridgehead atoms. The summed E-state index contributed by atoms with van der Waals surface area (Å²) in [7, 11) is 0. The monoisotopic (exact) mass is 240 g/mol. The highest BCUT2D eigenvalue weighted by Gasteiger charge is 2.46. The van der Waals surface area contributed by atoms with E-state index in [0.29, 0.717) is 0 Å². The van der Waals surface area contributed by atoms with Crippen molar-refractivity contribution in [2.75, 3.05) is 0 Å². The van der Waals surface area contributed by atoms with Crippen molar-refractivity contribution in [3.8, 4) is 0 Å². The van der Waals surface area contributed by atoms with Gasteiger partial charge in [-0.05, 0) is 56.8 Å². The summed E-state index contributed by atoms with van der Waals surface area (Å²) in [4.78, 5) is 0. The lowest BCUT2D eigenvalue weighted by atomic mass is 9.78. The van der Waals surface area contributed by atoms with Gasteiger partial charge in [-0.2, -0.15) is 23.5 Å². The molecule has 2 heteroatoms. The normalized spacial score (nSPS) is 56.8. The molecule has 2 aliphatic carbocycles. The van der Waals surface area contributed by atoms with Gasteiger partial charge in [0, 0.05) is 21.0 Å². The maximum absolute atomic E-state index is 2.27. The summed E-state index contributed by atoms with van der Waals surface area (Å²) in [5.41, 5.74) is 0. The van der Waals surface area contributed by atoms with Crippen LogP contribution in [0, 0.1) is 11.8 Å². The lowest BCUT2D eigenvalue weighted by molar-refractivity contribution is 0.271. The van der Waals surface area contributed by atoms with Crippen molar-refractivity contribution >= 4 is 23.5 Å². The maximum Gasteiger partial charge on any atom is 0.0172 e. The van der Waals surface area contributed by atoms with E-state index in [1.54, 1.807) is 44.9 Å². The average molecular weight is 240 g/mol. The van der Waals surface area contributed by atoms with E-state index in [1.807, 2.05) is 0 Å². The molecule has 84 valence electrons. The van der Waals surface area contributed by atoms with E-state index in [0.717, 1.165) is 32.8 Å². The molecule has 0 amide bonds. The van der Waals surface area contributed by atoms with E-state index < -0.39 is 0 Å². The number of thioether (sulfide) groups is 2. The number of hydrogen-bond acceptors (Lipinski definition) is 2. The third kappa shape index (κ3) is 1.97. The fraction of sp³-hybridized carbons (Fsp3) is 1.00. The molecule has 0 aromatic rings. The Morgan fingerprint density at radius 2 is 1.20 bits per heavy atom. The maximum atomic E-state index is 2.27. The summed E-state index contributed by atoms with van der Waals surface area (Å²) in [5.74, 6) is 2.23. The predicted octanol–water partition coefficient (Wildman–Crippen LogP) is 3.94. The van der Waals surface area contributed by atoms with Crippen molar-refractivity contribution in [3.63, 3.8) is 0 Å². The number of hydrogen-bond donors (Lipinski definition) is 0. The lowest BCUT2D eigenvalue weighted by Crippen LogP contribution is -2.20. The predicted molar refractivity (Wildman–Crippen MR) is 69.6 cm³/mol. The fourth-order valence-corrected chi connectivity index (χ4v) is 6.39. The van der Waals surface area contributed by atoms with Crippen molar-refractivity contribution in [2.24, 2.45) is 11.8 Å². The van der Waals surface area contributed by atoms with Gasteiger partial charge in [0.25, 0.3) is 0 Å². The first kappa shape index (κ1) is 9.70. The first-order valence-corrected chi connectivity index (χ1v) is 8.58. The fourth-order valence-electron chi connectivity index (χ4n) is 3.87. The summed E-state index contributed by atoms with van der Waals surface area (Å²) in [6.45, 7) is 0. The first-order chi connectivity index (χ1) is 7.38. The van der Waals surface area contributed by atoms with Crippen LogP contribution in [-0.2, 0) is 0 Å². The summed E-state index contributed by atoms with van der Waals surface area (Å²) in [5, 5.41) is 4.43. The minimum Gasteiger partial charge on any atom is -0.153 e. The largest absolute Gasteiger partial charge is 0.153 e. The molecule has 2 aliphatic heterocycles. The van der Waals surface area contributed by atoms with Gasteiger partial charge in [0.05, 0.1) is 0 Å². The van der Waals surface area contributed by atoms with E-state index in [-0.39, 0.29) is 0 Å². The average Bonchev–Trinajstić information content (AvgIpc) is 3.11. The molecule has 6 atom stereocenters. The molecular weight excluding hydrogens is 220 g/mol. The molecule has 0 spiro atoms. The highest BCUT2D eigenvalue weighted by Crippen LogP contribution is 2.56. The highest BCUT2D eigenvalue weighted by molar-refractivity contribution is 8.07. The molecule has 0 aromatic heterocycles. The molecule has 4 aliphatic rings. The van der Waals surface area contributed by atoms with Crippen molar-refractivity contribution in [1.29, 1.82) is 0 Å². The Labute approximate surface area is 101 Å². The van der Waals surface area contributed by atoms with E-state index in [9.17, 15) is 0 Å². The van der Waals surface area contributed by atoms with E-state index in [4.69, 9.17) is 0 Å². The molecule has 0 nitrogen and oxygen atoms in total. The van der Waals surface area contributed by atoms with Gasteiger partial charge in [0.2, 0.25) is 0 Å². The summed E-state index contributed by atoms with van der Waals surface area (Å²) >= 11 is 4.54. The van der Waals surface area contributed by atoms with E-state index >= 15 is 0 Å². The number of rotatable bonds is 2. The van der Waals surface area contributed by atoms with Crippen molar-refractivity contribution < 1.29 is 0 Å². The van der Waals surface area contributed by atoms with Gasteiger partial charge in [0.15, 0.2) is 0 Å². The zero-order valence-corrected chi connectivity index (χ0v) is 10.9. The Balaban J connectivity index is 1.31. The smallest absolute Gasteiger partial charge is 0.0172 e. The van der Waals surface area contributed by atoms with Crippen molar-refractivity contribution in [3.05, 3.63) is 0 Å². The zero-order chi connectivity index (χ0) is 9.83. The molecule has 2 saturated heterocycles. The quantitative estimate of drug-likeness (QED) is 0.670. The molecule has 15 heavy (non-hydrogen) atoms. The van der Waals surface area contributed by atoms with E-state index in [1.165, 1.54) is 0 Å². The first-order valence-electron chi connectivity index (χ1n) is 6.69. The van der Waals surface area contributed by atoms with E-state index in [2.05, 4.69) is 23.5 Å². The molecular formula is C13H20S2. The Hall–Kier alpha value is 0.700. The standard InChI is InChI=1S/C13H20S2/c1-3-10-12(14-10)6-8(1)5-9-2-4-11-13(7-9)15-11/h8-13H,1-7H2. The van der Waals surface area contributed by atoms with Crippen LogP contribution in [0.1, 0.15) is 44.9 Å². The van der Waals surface area contributed by atoms with Crippen LogP contribution in [0.2, 0.25) is 0 Å². The van der Waals surface area contributed by atoms with Gasteiger partial charge in [-0.3, -0.25) is 0 Å². The second kappa shape index (κ2) is 3.60. The second-order valence-corrected chi connectivity index (χ2v) is 8.99. The Bertz CT molecular complexity index is 239. The zero-order valence-electron chi connectivity index (χ0n) is 9.23. The lowest BCUT2D eigenvalue weighted by Gasteiger charge is -2.27. The molecule has 2 saturated carbocycles. The SMILES string of the molecule is C1CC2SC2CC1CC1CCC2SC2C1. The van der Waals surface area contributed by atoms with Gasteiger partial charge in [0.1, 0.15) is 0 Å². The molecule has 0 aromatic carbocycles. The third-order valence-corrected chi connectivity index (χ3v) is 7.83. The minimum absolute atomic E-state index is 1.11. The molecule has 4 fully saturated rings. The van der Waals surface area contributed by atoms with Crippen LogP contribution < -0.4 is 0 Å². The molecule has 2 heterocycles. The summed E-state index contributed by atoms with van der Waals surface area (Å²) in [6, 6.07) is 0. The van der Waals surface area contributed by atoms with Gasteiger partial charge < -0.3 is 0 Å². The van der Waals surface area contributed by atoms with Gasteiger partial charge in [-0.1, -0.05) is 0 Å².